The Morgan fingerprint density at radius 3 is 2.74 bits per heavy atom. The molecule has 0 spiro atoms. The third-order valence-electron chi connectivity index (χ3n) is 3.41. The first-order chi connectivity index (χ1) is 11.1. The fourth-order valence-electron chi connectivity index (χ4n) is 2.03. The fraction of sp³-hybridized carbons (Fsp3) is 0.278. The van der Waals surface area contributed by atoms with Gasteiger partial charge >= 0.3 is 0 Å². The van der Waals surface area contributed by atoms with Crippen LogP contribution in [0.15, 0.2) is 48.5 Å². The zero-order chi connectivity index (χ0) is 16.7. The number of carbonyl (C=O) groups excluding carboxylic acids is 1. The third kappa shape index (κ3) is 5.07. The maximum atomic E-state index is 13.5. The highest BCUT2D eigenvalue weighted by Crippen LogP contribution is 2.14. The molecule has 122 valence electrons. The molecule has 0 radical (unpaired) electrons. The van der Waals surface area contributed by atoms with E-state index >= 15 is 0 Å². The Kier molecular flexibility index (Phi) is 6.11. The standard InChI is InChI=1S/C18H20FNO3/c1-13(23-12-14-6-5-8-16(10-14)22-2)18(21)20-11-15-7-3-4-9-17(15)19/h3-10,13H,11-12H2,1-2H3,(H,20,21). The molecule has 23 heavy (non-hydrogen) atoms. The number of hydrogen-bond acceptors (Lipinski definition) is 3. The summed E-state index contributed by atoms with van der Waals surface area (Å²) in [6, 6.07) is 13.8. The number of halogens is 1. The molecule has 1 atom stereocenters. The number of ether oxygens (including phenoxy) is 2. The van der Waals surface area contributed by atoms with Crippen molar-refractivity contribution in [3.63, 3.8) is 0 Å². The molecule has 1 amide bonds. The minimum atomic E-state index is -0.632. The SMILES string of the molecule is COc1cccc(COC(C)C(=O)NCc2ccccc2F)c1. The van der Waals surface area contributed by atoms with Crippen LogP contribution in [-0.2, 0) is 22.7 Å². The highest BCUT2D eigenvalue weighted by molar-refractivity contribution is 5.80. The number of rotatable bonds is 7. The van der Waals surface area contributed by atoms with Crippen molar-refractivity contribution in [2.75, 3.05) is 7.11 Å². The minimum Gasteiger partial charge on any atom is -0.497 e. The Hall–Kier alpha value is -2.40. The van der Waals surface area contributed by atoms with Crippen LogP contribution in [-0.4, -0.2) is 19.1 Å². The molecule has 0 aliphatic heterocycles. The molecule has 0 saturated carbocycles. The maximum Gasteiger partial charge on any atom is 0.249 e. The molecule has 2 aromatic rings. The van der Waals surface area contributed by atoms with E-state index in [-0.39, 0.29) is 18.3 Å². The normalized spacial score (nSPS) is 11.8. The third-order valence-corrected chi connectivity index (χ3v) is 3.41. The zero-order valence-corrected chi connectivity index (χ0v) is 13.2. The summed E-state index contributed by atoms with van der Waals surface area (Å²) in [5, 5.41) is 2.67. The molecule has 0 saturated heterocycles. The van der Waals surface area contributed by atoms with E-state index in [1.807, 2.05) is 24.3 Å². The van der Waals surface area contributed by atoms with E-state index in [0.717, 1.165) is 11.3 Å². The van der Waals surface area contributed by atoms with Gasteiger partial charge in [-0.2, -0.15) is 0 Å². The minimum absolute atomic E-state index is 0.137. The first-order valence-electron chi connectivity index (χ1n) is 7.36. The second-order valence-corrected chi connectivity index (χ2v) is 5.11. The Labute approximate surface area is 135 Å². The van der Waals surface area contributed by atoms with Crippen LogP contribution in [0.4, 0.5) is 4.39 Å². The lowest BCUT2D eigenvalue weighted by Crippen LogP contribution is -2.34. The van der Waals surface area contributed by atoms with Gasteiger partial charge in [0.15, 0.2) is 0 Å². The Bertz CT molecular complexity index is 660. The number of amides is 1. The van der Waals surface area contributed by atoms with Crippen LogP contribution in [0.1, 0.15) is 18.1 Å². The molecule has 2 aromatic carbocycles. The van der Waals surface area contributed by atoms with Crippen LogP contribution in [0.25, 0.3) is 0 Å². The van der Waals surface area contributed by atoms with Gasteiger partial charge in [0.2, 0.25) is 5.91 Å². The van der Waals surface area contributed by atoms with Crippen molar-refractivity contribution in [2.24, 2.45) is 0 Å². The number of carbonyl (C=O) groups is 1. The summed E-state index contributed by atoms with van der Waals surface area (Å²) < 4.78 is 24.2. The molecular formula is C18H20FNO3. The van der Waals surface area contributed by atoms with Crippen molar-refractivity contribution < 1.29 is 18.7 Å². The van der Waals surface area contributed by atoms with Gasteiger partial charge in [-0.15, -0.1) is 0 Å². The van der Waals surface area contributed by atoms with E-state index in [9.17, 15) is 9.18 Å². The van der Waals surface area contributed by atoms with Crippen LogP contribution >= 0.6 is 0 Å². The van der Waals surface area contributed by atoms with Crippen LogP contribution in [0.3, 0.4) is 0 Å². The molecule has 0 fully saturated rings. The number of methoxy groups -OCH3 is 1. The lowest BCUT2D eigenvalue weighted by molar-refractivity contribution is -0.132. The second-order valence-electron chi connectivity index (χ2n) is 5.11. The average Bonchev–Trinajstić information content (AvgIpc) is 2.58. The van der Waals surface area contributed by atoms with E-state index in [1.54, 1.807) is 32.2 Å². The maximum absolute atomic E-state index is 13.5. The van der Waals surface area contributed by atoms with E-state index < -0.39 is 6.10 Å². The number of hydrogen-bond donors (Lipinski definition) is 1. The largest absolute Gasteiger partial charge is 0.497 e. The van der Waals surface area contributed by atoms with E-state index in [1.165, 1.54) is 6.07 Å². The topological polar surface area (TPSA) is 47.6 Å². The van der Waals surface area contributed by atoms with Crippen molar-refractivity contribution in [3.8, 4) is 5.75 Å². The summed E-state index contributed by atoms with van der Waals surface area (Å²) in [7, 11) is 1.60. The van der Waals surface area contributed by atoms with Crippen molar-refractivity contribution in [1.82, 2.24) is 5.32 Å². The van der Waals surface area contributed by atoms with Crippen LogP contribution < -0.4 is 10.1 Å². The van der Waals surface area contributed by atoms with Gasteiger partial charge in [-0.1, -0.05) is 30.3 Å². The monoisotopic (exact) mass is 317 g/mol. The van der Waals surface area contributed by atoms with Gasteiger partial charge in [0.1, 0.15) is 17.7 Å². The summed E-state index contributed by atoms with van der Waals surface area (Å²) in [6.45, 7) is 2.10. The molecule has 0 aromatic heterocycles. The van der Waals surface area contributed by atoms with E-state index in [2.05, 4.69) is 5.32 Å². The van der Waals surface area contributed by atoms with Crippen molar-refractivity contribution in [2.45, 2.75) is 26.2 Å². The first-order valence-corrected chi connectivity index (χ1v) is 7.36. The van der Waals surface area contributed by atoms with Gasteiger partial charge in [-0.25, -0.2) is 4.39 Å². The molecule has 0 aliphatic rings. The predicted molar refractivity (Wildman–Crippen MR) is 85.5 cm³/mol. The molecule has 1 unspecified atom stereocenters. The highest BCUT2D eigenvalue weighted by atomic mass is 19.1. The molecule has 0 aliphatic carbocycles. The van der Waals surface area contributed by atoms with E-state index in [4.69, 9.17) is 9.47 Å². The van der Waals surface area contributed by atoms with Crippen LogP contribution in [0.2, 0.25) is 0 Å². The molecule has 0 bridgehead atoms. The lowest BCUT2D eigenvalue weighted by Gasteiger charge is -2.14. The fourth-order valence-corrected chi connectivity index (χ4v) is 2.03. The summed E-state index contributed by atoms with van der Waals surface area (Å²) in [6.07, 6.45) is -0.632. The van der Waals surface area contributed by atoms with Crippen molar-refractivity contribution in [1.29, 1.82) is 0 Å². The molecule has 4 nitrogen and oxygen atoms in total. The second kappa shape index (κ2) is 8.29. The Balaban J connectivity index is 1.81. The lowest BCUT2D eigenvalue weighted by atomic mass is 10.2. The van der Waals surface area contributed by atoms with Crippen molar-refractivity contribution in [3.05, 3.63) is 65.5 Å². The highest BCUT2D eigenvalue weighted by Gasteiger charge is 2.14. The molecular weight excluding hydrogens is 297 g/mol. The first kappa shape index (κ1) is 17.0. The molecule has 0 heterocycles. The van der Waals surface area contributed by atoms with Gasteiger partial charge in [0.25, 0.3) is 0 Å². The van der Waals surface area contributed by atoms with Crippen LogP contribution in [0.5, 0.6) is 5.75 Å². The van der Waals surface area contributed by atoms with Crippen LogP contribution in [0, 0.1) is 5.82 Å². The zero-order valence-electron chi connectivity index (χ0n) is 13.2. The quantitative estimate of drug-likeness (QED) is 0.854. The smallest absolute Gasteiger partial charge is 0.249 e. The van der Waals surface area contributed by atoms with Gasteiger partial charge in [-0.3, -0.25) is 4.79 Å². The Morgan fingerprint density at radius 2 is 2.00 bits per heavy atom. The van der Waals surface area contributed by atoms with Crippen molar-refractivity contribution >= 4 is 5.91 Å². The van der Waals surface area contributed by atoms with E-state index in [0.29, 0.717) is 12.2 Å². The summed E-state index contributed by atoms with van der Waals surface area (Å²) in [5.74, 6) is 0.122. The average molecular weight is 317 g/mol. The van der Waals surface area contributed by atoms with Gasteiger partial charge in [0.05, 0.1) is 13.7 Å². The number of benzene rings is 2. The van der Waals surface area contributed by atoms with Gasteiger partial charge in [-0.05, 0) is 30.7 Å². The summed E-state index contributed by atoms with van der Waals surface area (Å²) in [4.78, 5) is 12.0. The summed E-state index contributed by atoms with van der Waals surface area (Å²) >= 11 is 0. The Morgan fingerprint density at radius 1 is 1.22 bits per heavy atom. The van der Waals surface area contributed by atoms with Gasteiger partial charge < -0.3 is 14.8 Å². The number of nitrogens with one attached hydrogen (secondary N) is 1. The van der Waals surface area contributed by atoms with Gasteiger partial charge in [0, 0.05) is 12.1 Å². The molecule has 2 rings (SSSR count). The summed E-state index contributed by atoms with van der Waals surface area (Å²) in [5.41, 5.74) is 1.36. The molecule has 1 N–H and O–H groups in total. The predicted octanol–water partition coefficient (Wildman–Crippen LogP) is 3.06. The molecule has 5 heteroatoms.